The number of amides is 3. The Hall–Kier alpha value is -2.66. The zero-order chi connectivity index (χ0) is 19.9. The van der Waals surface area contributed by atoms with Gasteiger partial charge in [0.15, 0.2) is 5.13 Å². The predicted molar refractivity (Wildman–Crippen MR) is 106 cm³/mol. The molecule has 0 saturated heterocycles. The van der Waals surface area contributed by atoms with Crippen molar-refractivity contribution in [2.45, 2.75) is 25.4 Å². The quantitative estimate of drug-likeness (QED) is 0.684. The lowest BCUT2D eigenvalue weighted by Crippen LogP contribution is -2.44. The number of thiazole rings is 1. The van der Waals surface area contributed by atoms with Gasteiger partial charge in [-0.15, -0.1) is 0 Å². The highest BCUT2D eigenvalue weighted by molar-refractivity contribution is 7.89. The highest BCUT2D eigenvalue weighted by Crippen LogP contribution is 2.31. The second-order valence-electron chi connectivity index (χ2n) is 6.79. The molecule has 2 aliphatic rings. The maximum atomic E-state index is 12.9. The van der Waals surface area contributed by atoms with Gasteiger partial charge in [-0.1, -0.05) is 29.5 Å². The van der Waals surface area contributed by atoms with E-state index in [0.29, 0.717) is 31.1 Å². The van der Waals surface area contributed by atoms with Crippen LogP contribution in [0.5, 0.6) is 0 Å². The maximum Gasteiger partial charge on any atom is 0.334 e. The maximum absolute atomic E-state index is 12.9. The second kappa shape index (κ2) is 7.06. The van der Waals surface area contributed by atoms with Gasteiger partial charge < -0.3 is 10.2 Å². The molecule has 0 bridgehead atoms. The van der Waals surface area contributed by atoms with E-state index in [1.165, 1.54) is 11.3 Å². The number of benzene rings is 1. The van der Waals surface area contributed by atoms with Crippen LogP contribution in [-0.2, 0) is 34.2 Å². The van der Waals surface area contributed by atoms with Crippen LogP contribution in [0.3, 0.4) is 0 Å². The molecule has 1 aromatic heterocycles. The molecule has 3 heterocycles. The van der Waals surface area contributed by atoms with E-state index in [-0.39, 0.29) is 11.9 Å². The Kier molecular flexibility index (Phi) is 4.71. The van der Waals surface area contributed by atoms with E-state index in [4.69, 9.17) is 0 Å². The number of sulfonamides is 1. The van der Waals surface area contributed by atoms with Gasteiger partial charge in [0.25, 0.3) is 0 Å². The van der Waals surface area contributed by atoms with Gasteiger partial charge in [0.05, 0.1) is 18.5 Å². The van der Waals surface area contributed by atoms with Gasteiger partial charge in [-0.25, -0.2) is 22.9 Å². The van der Waals surface area contributed by atoms with Gasteiger partial charge in [-0.05, 0) is 11.6 Å². The lowest BCUT2D eigenvalue weighted by atomic mass is 10.1. The van der Waals surface area contributed by atoms with Crippen molar-refractivity contribution in [1.29, 1.82) is 0 Å². The van der Waals surface area contributed by atoms with Crippen LogP contribution in [0.25, 0.3) is 0 Å². The van der Waals surface area contributed by atoms with E-state index in [9.17, 15) is 18.0 Å². The summed E-state index contributed by atoms with van der Waals surface area (Å²) in [5.74, 6) is 0.0413. The third kappa shape index (κ3) is 3.94. The summed E-state index contributed by atoms with van der Waals surface area (Å²) in [5.41, 5.74) is 2.96. The molecule has 148 valence electrons. The number of anilines is 2. The van der Waals surface area contributed by atoms with Crippen LogP contribution in [0.2, 0.25) is 0 Å². The Balaban J connectivity index is 1.41. The average Bonchev–Trinajstić information content (AvgIpc) is 3.21. The standard InChI is InChI=1S/C17H19N5O4S2/c1-28(25,26)21-16(24)20-17-19-12-6-7-22(9-14(12)27-17)15(23)13-8-10-4-2-3-5-11(10)18-13/h2-5,13,18H,6-9H2,1H3,(H2,19,20,21,24). The first-order valence-corrected chi connectivity index (χ1v) is 11.4. The molecule has 9 nitrogen and oxygen atoms in total. The van der Waals surface area contributed by atoms with Crippen molar-refractivity contribution in [1.82, 2.24) is 14.6 Å². The van der Waals surface area contributed by atoms with Gasteiger partial charge >= 0.3 is 6.03 Å². The van der Waals surface area contributed by atoms with Crippen LogP contribution in [0.1, 0.15) is 16.1 Å². The highest BCUT2D eigenvalue weighted by atomic mass is 32.2. The smallest absolute Gasteiger partial charge is 0.334 e. The van der Waals surface area contributed by atoms with Crippen molar-refractivity contribution in [2.24, 2.45) is 0 Å². The second-order valence-corrected chi connectivity index (χ2v) is 9.62. The summed E-state index contributed by atoms with van der Waals surface area (Å²) in [4.78, 5) is 31.6. The average molecular weight is 422 g/mol. The summed E-state index contributed by atoms with van der Waals surface area (Å²) < 4.78 is 24.1. The molecule has 2 aromatic rings. The first-order chi connectivity index (χ1) is 13.3. The van der Waals surface area contributed by atoms with Crippen LogP contribution in [0.4, 0.5) is 15.6 Å². The zero-order valence-corrected chi connectivity index (χ0v) is 16.7. The van der Waals surface area contributed by atoms with E-state index >= 15 is 0 Å². The van der Waals surface area contributed by atoms with Gasteiger partial charge in [-0.2, -0.15) is 0 Å². The van der Waals surface area contributed by atoms with Crippen LogP contribution < -0.4 is 15.4 Å². The molecule has 1 aromatic carbocycles. The Labute approximate surface area is 166 Å². The predicted octanol–water partition coefficient (Wildman–Crippen LogP) is 1.15. The number of para-hydroxylation sites is 1. The first-order valence-electron chi connectivity index (χ1n) is 8.69. The molecule has 3 N–H and O–H groups in total. The van der Waals surface area contributed by atoms with Gasteiger partial charge in [0.2, 0.25) is 15.9 Å². The zero-order valence-electron chi connectivity index (χ0n) is 15.1. The molecule has 0 radical (unpaired) electrons. The minimum Gasteiger partial charge on any atom is -0.373 e. The third-order valence-corrected chi connectivity index (χ3v) is 6.16. The Morgan fingerprint density at radius 2 is 2.11 bits per heavy atom. The summed E-state index contributed by atoms with van der Waals surface area (Å²) in [6, 6.07) is 6.77. The SMILES string of the molecule is CS(=O)(=O)NC(=O)Nc1nc2c(s1)CN(C(=O)C1Cc3ccccc3N1)CC2. The number of carbonyl (C=O) groups excluding carboxylic acids is 2. The van der Waals surface area contributed by atoms with Crippen LogP contribution in [-0.4, -0.2) is 49.1 Å². The van der Waals surface area contributed by atoms with Crippen LogP contribution >= 0.6 is 11.3 Å². The molecule has 3 amide bonds. The molecule has 11 heteroatoms. The molecule has 4 rings (SSSR count). The molecular weight excluding hydrogens is 402 g/mol. The number of nitrogens with one attached hydrogen (secondary N) is 3. The number of nitrogens with zero attached hydrogens (tertiary/aromatic N) is 2. The Bertz CT molecular complexity index is 1020. The van der Waals surface area contributed by atoms with Crippen molar-refractivity contribution in [3.63, 3.8) is 0 Å². The Morgan fingerprint density at radius 1 is 1.32 bits per heavy atom. The fourth-order valence-electron chi connectivity index (χ4n) is 3.40. The molecule has 2 aliphatic heterocycles. The fourth-order valence-corrected chi connectivity index (χ4v) is 4.80. The van der Waals surface area contributed by atoms with Crippen LogP contribution in [0.15, 0.2) is 24.3 Å². The minimum absolute atomic E-state index is 0.0413. The number of fused-ring (bicyclic) bond motifs is 2. The van der Waals surface area contributed by atoms with Gasteiger partial charge in [-0.3, -0.25) is 10.1 Å². The topological polar surface area (TPSA) is 120 Å². The lowest BCUT2D eigenvalue weighted by molar-refractivity contribution is -0.132. The molecule has 28 heavy (non-hydrogen) atoms. The number of hydrogen-bond acceptors (Lipinski definition) is 7. The first kappa shape index (κ1) is 18.7. The van der Waals surface area contributed by atoms with Gasteiger partial charge in [0, 0.05) is 30.0 Å². The fraction of sp³-hybridized carbons (Fsp3) is 0.353. The number of hydrogen-bond donors (Lipinski definition) is 3. The summed E-state index contributed by atoms with van der Waals surface area (Å²) in [5, 5.41) is 6.02. The monoisotopic (exact) mass is 421 g/mol. The van der Waals surface area contributed by atoms with E-state index in [2.05, 4.69) is 15.6 Å². The van der Waals surface area contributed by atoms with Crippen molar-refractivity contribution in [3.05, 3.63) is 40.4 Å². The normalized spacial score (nSPS) is 18.0. The van der Waals surface area contributed by atoms with E-state index < -0.39 is 16.1 Å². The van der Waals surface area contributed by atoms with Crippen molar-refractivity contribution in [3.8, 4) is 0 Å². The minimum atomic E-state index is -3.64. The molecular formula is C17H19N5O4S2. The molecule has 1 unspecified atom stereocenters. The summed E-state index contributed by atoms with van der Waals surface area (Å²) >= 11 is 1.25. The third-order valence-electron chi connectivity index (χ3n) is 4.61. The number of aromatic nitrogens is 1. The molecule has 0 spiro atoms. The number of urea groups is 1. The van der Waals surface area contributed by atoms with Crippen LogP contribution in [0, 0.1) is 0 Å². The summed E-state index contributed by atoms with van der Waals surface area (Å²) in [6.07, 6.45) is 2.16. The largest absolute Gasteiger partial charge is 0.373 e. The number of carbonyl (C=O) groups is 2. The summed E-state index contributed by atoms with van der Waals surface area (Å²) in [6.45, 7) is 0.981. The highest BCUT2D eigenvalue weighted by Gasteiger charge is 2.32. The van der Waals surface area contributed by atoms with Crippen molar-refractivity contribution < 1.29 is 18.0 Å². The lowest BCUT2D eigenvalue weighted by Gasteiger charge is -2.28. The molecule has 0 aliphatic carbocycles. The summed E-state index contributed by atoms with van der Waals surface area (Å²) in [7, 11) is -3.64. The van der Waals surface area contributed by atoms with Crippen molar-refractivity contribution in [2.75, 3.05) is 23.4 Å². The molecule has 1 atom stereocenters. The number of rotatable bonds is 3. The van der Waals surface area contributed by atoms with E-state index in [1.54, 1.807) is 4.90 Å². The van der Waals surface area contributed by atoms with E-state index in [0.717, 1.165) is 28.1 Å². The molecule has 0 saturated carbocycles. The van der Waals surface area contributed by atoms with E-state index in [1.807, 2.05) is 29.0 Å². The van der Waals surface area contributed by atoms with Crippen molar-refractivity contribution >= 4 is 44.1 Å². The molecule has 0 fully saturated rings. The Morgan fingerprint density at radius 3 is 2.86 bits per heavy atom. The van der Waals surface area contributed by atoms with Gasteiger partial charge in [0.1, 0.15) is 6.04 Å².